The number of carbonyl (C=O) groups is 1. The van der Waals surface area contributed by atoms with Crippen LogP contribution in [0, 0.1) is 0 Å². The Bertz CT molecular complexity index is 549. The first kappa shape index (κ1) is 23.1. The van der Waals surface area contributed by atoms with Crippen molar-refractivity contribution >= 4 is 28.5 Å². The normalized spacial score (nSPS) is 8.25. The van der Waals surface area contributed by atoms with E-state index < -0.39 is 12.6 Å². The summed E-state index contributed by atoms with van der Waals surface area (Å²) in [7, 11) is 0. The average Bonchev–Trinajstić information content (AvgIpc) is 2.28. The zero-order chi connectivity index (χ0) is 11.5. The molecule has 0 fully saturated rings. The highest BCUT2D eigenvalue weighted by molar-refractivity contribution is 6.35. The van der Waals surface area contributed by atoms with Crippen LogP contribution in [-0.2, 0) is 4.79 Å². The maximum Gasteiger partial charge on any atom is 0.341 e. The van der Waals surface area contributed by atoms with Crippen molar-refractivity contribution in [3.8, 4) is 5.75 Å². The van der Waals surface area contributed by atoms with Gasteiger partial charge in [0.25, 0.3) is 0 Å². The first-order valence-electron chi connectivity index (χ1n) is 4.56. The number of pyridine rings is 1. The number of hydrogen-bond donors (Lipinski definition) is 1. The number of rotatable bonds is 3. The predicted molar refractivity (Wildman–Crippen MR) is 74.3 cm³/mol. The third-order valence-corrected chi connectivity index (χ3v) is 2.36. The van der Waals surface area contributed by atoms with Crippen molar-refractivity contribution in [2.75, 3.05) is 6.61 Å². The second-order valence-electron chi connectivity index (χ2n) is 3.13. The van der Waals surface area contributed by atoms with Crippen LogP contribution < -0.4 is 4.74 Å². The smallest absolute Gasteiger partial charge is 0.341 e. The van der Waals surface area contributed by atoms with E-state index >= 15 is 0 Å². The summed E-state index contributed by atoms with van der Waals surface area (Å²) in [5, 5.41) is 9.83. The monoisotopic (exact) mass is 309 g/mol. The van der Waals surface area contributed by atoms with Gasteiger partial charge in [-0.3, -0.25) is 4.98 Å². The van der Waals surface area contributed by atoms with Crippen molar-refractivity contribution in [1.82, 2.24) is 4.98 Å². The molecule has 2 aromatic rings. The van der Waals surface area contributed by atoms with E-state index in [1.807, 2.05) is 0 Å². The van der Waals surface area contributed by atoms with Gasteiger partial charge in [-0.05, 0) is 24.3 Å². The Kier molecular flexibility index (Phi) is 11.5. The molecule has 0 bridgehead atoms. The molecule has 0 amide bonds. The van der Waals surface area contributed by atoms with Crippen LogP contribution in [0.15, 0.2) is 30.5 Å². The molecular weight excluding hydrogens is 294 g/mol. The van der Waals surface area contributed by atoms with Crippen LogP contribution >= 0.6 is 11.6 Å². The molecule has 1 aromatic heterocycles. The summed E-state index contributed by atoms with van der Waals surface area (Å²) >= 11 is 5.98. The number of aromatic nitrogens is 1. The molecule has 0 aliphatic heterocycles. The maximum absolute atomic E-state index is 10.4. The molecule has 0 saturated heterocycles. The molecule has 0 saturated carbocycles. The lowest BCUT2D eigenvalue weighted by atomic mass is 10.2. The molecule has 1 aromatic carbocycles. The van der Waals surface area contributed by atoms with Crippen LogP contribution in [0.5, 0.6) is 5.75 Å². The number of halogens is 1. The molecule has 0 aliphatic carbocycles. The third kappa shape index (κ3) is 4.96. The number of benzene rings is 1. The highest BCUT2D eigenvalue weighted by Gasteiger charge is 2.07. The summed E-state index contributed by atoms with van der Waals surface area (Å²) in [4.78, 5) is 14.5. The second kappa shape index (κ2) is 9.89. The van der Waals surface area contributed by atoms with E-state index in [-0.39, 0.29) is 21.9 Å². The molecule has 0 atom stereocenters. The topological polar surface area (TPSA) is 185 Å². The fourth-order valence-electron chi connectivity index (χ4n) is 1.37. The van der Waals surface area contributed by atoms with Gasteiger partial charge in [-0.2, -0.15) is 0 Å². The van der Waals surface area contributed by atoms with Gasteiger partial charge in [0.15, 0.2) is 6.61 Å². The van der Waals surface area contributed by atoms with Gasteiger partial charge in [-0.15, -0.1) is 0 Å². The molecule has 9 heteroatoms. The molecule has 20 heavy (non-hydrogen) atoms. The number of nitrogens with zero attached hydrogens (tertiary/aromatic N) is 1. The second-order valence-corrected chi connectivity index (χ2v) is 3.53. The van der Waals surface area contributed by atoms with E-state index in [0.29, 0.717) is 16.3 Å². The minimum absolute atomic E-state index is 0. The standard InChI is InChI=1S/C11H8ClNO3.4H2O/c12-8-3-4-9(16-6-10(14)15)11-7(8)2-1-5-13-11;;;;/h1-5H,6H2,(H,14,15);4*1H2. The number of fused-ring (bicyclic) bond motifs is 1. The Morgan fingerprint density at radius 3 is 2.45 bits per heavy atom. The molecule has 2 rings (SSSR count). The average molecular weight is 310 g/mol. The highest BCUT2D eigenvalue weighted by atomic mass is 35.5. The summed E-state index contributed by atoms with van der Waals surface area (Å²) in [6, 6.07) is 6.83. The Morgan fingerprint density at radius 1 is 1.20 bits per heavy atom. The minimum atomic E-state index is -1.03. The lowest BCUT2D eigenvalue weighted by Crippen LogP contribution is -2.09. The van der Waals surface area contributed by atoms with Crippen molar-refractivity contribution in [2.45, 2.75) is 0 Å². The Hall–Kier alpha value is -1.97. The predicted octanol–water partition coefficient (Wildman–Crippen LogP) is -0.947. The molecular formula is C11H16ClNO7. The van der Waals surface area contributed by atoms with Gasteiger partial charge in [0.05, 0.1) is 5.02 Å². The lowest BCUT2D eigenvalue weighted by Gasteiger charge is -2.07. The SMILES string of the molecule is O.O.O.O.O=C(O)COc1ccc(Cl)c2cccnc12. The number of carboxylic acids is 1. The number of aliphatic carboxylic acids is 1. The van der Waals surface area contributed by atoms with Crippen molar-refractivity contribution in [3.05, 3.63) is 35.5 Å². The summed E-state index contributed by atoms with van der Waals surface area (Å²) in [5.41, 5.74) is 0.566. The van der Waals surface area contributed by atoms with Gasteiger partial charge in [-0.25, -0.2) is 4.79 Å². The maximum atomic E-state index is 10.4. The Morgan fingerprint density at radius 2 is 1.85 bits per heavy atom. The van der Waals surface area contributed by atoms with Crippen LogP contribution in [0.3, 0.4) is 0 Å². The van der Waals surface area contributed by atoms with Crippen molar-refractivity contribution in [3.63, 3.8) is 0 Å². The minimum Gasteiger partial charge on any atom is -0.480 e. The molecule has 8 nitrogen and oxygen atoms in total. The van der Waals surface area contributed by atoms with E-state index in [2.05, 4.69) is 4.98 Å². The van der Waals surface area contributed by atoms with Crippen LogP contribution in [-0.4, -0.2) is 44.6 Å². The first-order chi connectivity index (χ1) is 7.68. The van der Waals surface area contributed by atoms with Gasteiger partial charge in [0.1, 0.15) is 11.3 Å². The highest BCUT2D eigenvalue weighted by Crippen LogP contribution is 2.29. The molecule has 9 N–H and O–H groups in total. The van der Waals surface area contributed by atoms with Crippen molar-refractivity contribution < 1.29 is 36.5 Å². The van der Waals surface area contributed by atoms with Gasteiger partial charge in [-0.1, -0.05) is 11.6 Å². The third-order valence-electron chi connectivity index (χ3n) is 2.03. The van der Waals surface area contributed by atoms with Crippen LogP contribution in [0.25, 0.3) is 10.9 Å². The van der Waals surface area contributed by atoms with Crippen LogP contribution in [0.1, 0.15) is 0 Å². The fraction of sp³-hybridized carbons (Fsp3) is 0.0909. The van der Waals surface area contributed by atoms with E-state index in [0.717, 1.165) is 5.39 Å². The number of hydrogen-bond acceptors (Lipinski definition) is 3. The van der Waals surface area contributed by atoms with Gasteiger partial charge >= 0.3 is 5.97 Å². The largest absolute Gasteiger partial charge is 0.480 e. The van der Waals surface area contributed by atoms with Crippen molar-refractivity contribution in [2.24, 2.45) is 0 Å². The van der Waals surface area contributed by atoms with E-state index in [1.165, 1.54) is 0 Å². The van der Waals surface area contributed by atoms with E-state index in [9.17, 15) is 4.79 Å². The zero-order valence-electron chi connectivity index (χ0n) is 10.2. The van der Waals surface area contributed by atoms with Crippen LogP contribution in [0.4, 0.5) is 0 Å². The van der Waals surface area contributed by atoms with Gasteiger partial charge in [0.2, 0.25) is 0 Å². The van der Waals surface area contributed by atoms with Gasteiger partial charge in [0, 0.05) is 11.6 Å². The molecule has 1 heterocycles. The van der Waals surface area contributed by atoms with E-state index in [1.54, 1.807) is 30.5 Å². The van der Waals surface area contributed by atoms with E-state index in [4.69, 9.17) is 21.4 Å². The molecule has 0 radical (unpaired) electrons. The Balaban J connectivity index is -0.000000722. The molecule has 0 aliphatic rings. The quantitative estimate of drug-likeness (QED) is 0.766. The fourth-order valence-corrected chi connectivity index (χ4v) is 1.58. The molecule has 114 valence electrons. The number of carboxylic acid groups (broad SMARTS) is 1. The van der Waals surface area contributed by atoms with Crippen LogP contribution in [0.2, 0.25) is 5.02 Å². The summed E-state index contributed by atoms with van der Waals surface area (Å²) < 4.78 is 5.12. The Labute approximate surface area is 118 Å². The summed E-state index contributed by atoms with van der Waals surface area (Å²) in [5.74, 6) is -0.610. The summed E-state index contributed by atoms with van der Waals surface area (Å²) in [6.07, 6.45) is 1.60. The molecule has 0 spiro atoms. The first-order valence-corrected chi connectivity index (χ1v) is 4.94. The number of ether oxygens (including phenoxy) is 1. The zero-order valence-corrected chi connectivity index (χ0v) is 10.9. The van der Waals surface area contributed by atoms with Crippen molar-refractivity contribution in [1.29, 1.82) is 0 Å². The van der Waals surface area contributed by atoms with Gasteiger partial charge < -0.3 is 31.7 Å². The summed E-state index contributed by atoms with van der Waals surface area (Å²) in [6.45, 7) is -0.396. The lowest BCUT2D eigenvalue weighted by molar-refractivity contribution is -0.139. The molecule has 0 unspecified atom stereocenters.